The number of imidazole rings is 2. The molecule has 1 saturated carbocycles. The van der Waals surface area contributed by atoms with Crippen molar-refractivity contribution in [2.45, 2.75) is 76.7 Å². The lowest BCUT2D eigenvalue weighted by molar-refractivity contribution is -0.144. The molecular weight excluding hydrogens is 817 g/mol. The number of methoxy groups -OCH3 is 2. The Labute approximate surface area is 371 Å². The number of H-pyrrole nitrogens is 2. The van der Waals surface area contributed by atoms with E-state index in [0.717, 1.165) is 86.9 Å². The molecule has 2 fully saturated rings. The molecule has 5 atom stereocenters. The number of carbonyl (C=O) groups is 3. The number of rotatable bonds is 15. The summed E-state index contributed by atoms with van der Waals surface area (Å²) in [5.41, 5.74) is 10.2. The summed E-state index contributed by atoms with van der Waals surface area (Å²) in [6, 6.07) is 21.8. The van der Waals surface area contributed by atoms with Crippen molar-refractivity contribution in [1.82, 2.24) is 40.5 Å². The third kappa shape index (κ3) is 8.12. The molecule has 5 aromatic rings. The van der Waals surface area contributed by atoms with Crippen molar-refractivity contribution in [3.05, 3.63) is 107 Å². The molecule has 16 nitrogen and oxygen atoms in total. The van der Waals surface area contributed by atoms with Gasteiger partial charge in [-0.05, 0) is 56.2 Å². The third-order valence-corrected chi connectivity index (χ3v) is 12.7. The van der Waals surface area contributed by atoms with E-state index in [-0.39, 0.29) is 37.1 Å². The smallest absolute Gasteiger partial charge is 0.407 e. The van der Waals surface area contributed by atoms with Gasteiger partial charge in [0.25, 0.3) is 0 Å². The molecule has 0 spiro atoms. The zero-order valence-electron chi connectivity index (χ0n) is 36.7. The number of nitrogens with zero attached hydrogens (tertiary/aromatic N) is 4. The van der Waals surface area contributed by atoms with E-state index in [1.807, 2.05) is 61.3 Å². The van der Waals surface area contributed by atoms with Crippen LogP contribution in [0.15, 0.2) is 79.1 Å². The topological polar surface area (TPSA) is 185 Å². The summed E-state index contributed by atoms with van der Waals surface area (Å²) in [5.74, 6) is 2.64. The molecule has 3 amide bonds. The molecular formula is C48H54N8O8. The highest BCUT2D eigenvalue weighted by Crippen LogP contribution is 2.52. The Morgan fingerprint density at radius 1 is 0.984 bits per heavy atom. The molecule has 64 heavy (non-hydrogen) atoms. The molecule has 1 aliphatic carbocycles. The maximum atomic E-state index is 13.8. The molecule has 334 valence electrons. The predicted molar refractivity (Wildman–Crippen MR) is 237 cm³/mol. The monoisotopic (exact) mass is 870 g/mol. The zero-order valence-corrected chi connectivity index (χ0v) is 36.7. The van der Waals surface area contributed by atoms with Crippen molar-refractivity contribution in [3.63, 3.8) is 0 Å². The summed E-state index contributed by atoms with van der Waals surface area (Å²) in [6.07, 6.45) is 5.56. The van der Waals surface area contributed by atoms with Crippen molar-refractivity contribution >= 4 is 29.1 Å². The molecule has 3 aromatic carbocycles. The first-order valence-corrected chi connectivity index (χ1v) is 21.9. The number of hydrogen-bond donors (Lipinski definition) is 4. The molecule has 0 bridgehead atoms. The van der Waals surface area contributed by atoms with Gasteiger partial charge < -0.3 is 44.0 Å². The summed E-state index contributed by atoms with van der Waals surface area (Å²) in [6.45, 7) is 7.55. The van der Waals surface area contributed by atoms with Gasteiger partial charge in [0.15, 0.2) is 6.79 Å². The Kier molecular flexibility index (Phi) is 12.0. The summed E-state index contributed by atoms with van der Waals surface area (Å²) in [4.78, 5) is 64.5. The highest BCUT2D eigenvalue weighted by Gasteiger charge is 2.60. The second kappa shape index (κ2) is 17.9. The van der Waals surface area contributed by atoms with Gasteiger partial charge in [-0.3, -0.25) is 14.4 Å². The number of hydrogen-bond acceptors (Lipinski definition) is 11. The number of aromatic nitrogens is 4. The SMILES string of the molecule is CCCN(Cc1ncc(-c2ccc3c(c2)OC(c2ccccc2)C2=C3COc3cc(-c4cnc(C5CCCN5C(=O)C(C)NOCOC)[nH]4)ccc32)[nH]1)C(=O)C1(NC(=O)OC)CC1C. The van der Waals surface area contributed by atoms with Gasteiger partial charge in [0.1, 0.15) is 47.4 Å². The average molecular weight is 871 g/mol. The minimum Gasteiger partial charge on any atom is -0.488 e. The molecule has 5 heterocycles. The summed E-state index contributed by atoms with van der Waals surface area (Å²) in [7, 11) is 2.83. The Balaban J connectivity index is 0.967. The quantitative estimate of drug-likeness (QED) is 0.0485. The van der Waals surface area contributed by atoms with Crippen LogP contribution in [0.3, 0.4) is 0 Å². The first-order valence-electron chi connectivity index (χ1n) is 21.9. The number of nitrogens with one attached hydrogen (secondary N) is 4. The number of ether oxygens (including phenoxy) is 4. The van der Waals surface area contributed by atoms with Crippen molar-refractivity contribution < 1.29 is 38.2 Å². The Hall–Kier alpha value is -6.49. The molecule has 0 radical (unpaired) electrons. The van der Waals surface area contributed by atoms with Gasteiger partial charge in [0.2, 0.25) is 11.8 Å². The van der Waals surface area contributed by atoms with Crippen LogP contribution in [0.1, 0.15) is 86.9 Å². The van der Waals surface area contributed by atoms with Crippen LogP contribution < -0.4 is 20.3 Å². The standard InChI is InChI=1S/C48H54N8O8/c1-6-18-55(46(58)48(22-28(48)2)53-47(59)61-5)25-41-49-23-36(51-41)32-14-16-33-35-26-62-39-20-31(15-17-34(39)42(35)43(64-40(33)21-32)30-11-8-7-9-12-30)37-24-50-44(52-37)38-13-10-19-56(38)45(57)29(3)54-63-27-60-4/h7-9,11-12,14-17,20-21,23-24,28-29,38,43,54H,6,10,13,18-19,22,25-27H2,1-5H3,(H,49,51)(H,50,52)(H,53,59). The van der Waals surface area contributed by atoms with Crippen LogP contribution in [0.5, 0.6) is 11.5 Å². The van der Waals surface area contributed by atoms with E-state index < -0.39 is 23.8 Å². The lowest BCUT2D eigenvalue weighted by Gasteiger charge is -2.35. The first kappa shape index (κ1) is 42.8. The molecule has 4 aliphatic rings. The van der Waals surface area contributed by atoms with Gasteiger partial charge in [-0.2, -0.15) is 5.48 Å². The summed E-state index contributed by atoms with van der Waals surface area (Å²) in [5, 5.41) is 2.79. The van der Waals surface area contributed by atoms with Gasteiger partial charge in [0, 0.05) is 53.6 Å². The van der Waals surface area contributed by atoms with Crippen LogP contribution in [0.25, 0.3) is 33.7 Å². The first-order chi connectivity index (χ1) is 31.1. The Bertz CT molecular complexity index is 2570. The summed E-state index contributed by atoms with van der Waals surface area (Å²) >= 11 is 0. The van der Waals surface area contributed by atoms with E-state index in [1.54, 1.807) is 18.0 Å². The number of aromatic amines is 2. The number of benzene rings is 3. The fraction of sp³-hybridized carbons (Fsp3) is 0.396. The van der Waals surface area contributed by atoms with Crippen LogP contribution in [0.4, 0.5) is 4.79 Å². The van der Waals surface area contributed by atoms with E-state index in [9.17, 15) is 14.4 Å². The highest BCUT2D eigenvalue weighted by molar-refractivity contribution is 6.00. The number of amides is 3. The molecule has 4 N–H and O–H groups in total. The lowest BCUT2D eigenvalue weighted by atomic mass is 9.83. The van der Waals surface area contributed by atoms with Crippen molar-refractivity contribution in [2.24, 2.45) is 5.92 Å². The number of alkyl carbamates (subject to hydrolysis) is 1. The van der Waals surface area contributed by atoms with E-state index in [4.69, 9.17) is 28.8 Å². The predicted octanol–water partition coefficient (Wildman–Crippen LogP) is 6.95. The molecule has 2 aromatic heterocycles. The van der Waals surface area contributed by atoms with Gasteiger partial charge in [0.05, 0.1) is 43.5 Å². The number of hydroxylamine groups is 1. The highest BCUT2D eigenvalue weighted by atomic mass is 16.7. The van der Waals surface area contributed by atoms with Crippen molar-refractivity contribution in [1.29, 1.82) is 0 Å². The molecule has 16 heteroatoms. The number of likely N-dealkylation sites (tertiary alicyclic amines) is 1. The van der Waals surface area contributed by atoms with E-state index in [1.165, 1.54) is 14.2 Å². The second-order valence-corrected chi connectivity index (χ2v) is 16.9. The summed E-state index contributed by atoms with van der Waals surface area (Å²) < 4.78 is 23.3. The van der Waals surface area contributed by atoms with Crippen LogP contribution >= 0.6 is 0 Å². The van der Waals surface area contributed by atoms with Gasteiger partial charge >= 0.3 is 6.09 Å². The van der Waals surface area contributed by atoms with Gasteiger partial charge in [-0.25, -0.2) is 14.8 Å². The second-order valence-electron chi connectivity index (χ2n) is 16.9. The zero-order chi connectivity index (χ0) is 44.5. The molecule has 1 saturated heterocycles. The maximum Gasteiger partial charge on any atom is 0.407 e. The van der Waals surface area contributed by atoms with Crippen LogP contribution in [0, 0.1) is 5.92 Å². The molecule has 9 rings (SSSR count). The normalized spacial score (nSPS) is 21.2. The minimum atomic E-state index is -0.967. The minimum absolute atomic E-state index is 0.00192. The van der Waals surface area contributed by atoms with E-state index >= 15 is 0 Å². The number of carbonyl (C=O) groups excluding carboxylic acids is 3. The lowest BCUT2D eigenvalue weighted by Crippen LogP contribution is -2.52. The third-order valence-electron chi connectivity index (χ3n) is 12.7. The van der Waals surface area contributed by atoms with E-state index in [0.29, 0.717) is 31.9 Å². The fourth-order valence-corrected chi connectivity index (χ4v) is 9.27. The maximum absolute atomic E-state index is 13.8. The molecule has 5 unspecified atom stereocenters. The molecule has 3 aliphatic heterocycles. The Morgan fingerprint density at radius 2 is 1.72 bits per heavy atom. The Morgan fingerprint density at radius 3 is 2.45 bits per heavy atom. The van der Waals surface area contributed by atoms with Gasteiger partial charge in [-0.15, -0.1) is 0 Å². The van der Waals surface area contributed by atoms with Gasteiger partial charge in [-0.1, -0.05) is 68.4 Å². The largest absolute Gasteiger partial charge is 0.488 e. The number of fused-ring (bicyclic) bond motifs is 4. The fourth-order valence-electron chi connectivity index (χ4n) is 9.27. The van der Waals surface area contributed by atoms with Crippen molar-refractivity contribution in [2.75, 3.05) is 40.7 Å². The van der Waals surface area contributed by atoms with Crippen LogP contribution in [0.2, 0.25) is 0 Å². The van der Waals surface area contributed by atoms with Crippen LogP contribution in [-0.2, 0) is 30.4 Å². The van der Waals surface area contributed by atoms with E-state index in [2.05, 4.69) is 56.1 Å². The average Bonchev–Trinajstić information content (AvgIpc) is 3.85. The van der Waals surface area contributed by atoms with Crippen LogP contribution in [-0.4, -0.2) is 99.9 Å². The van der Waals surface area contributed by atoms with Crippen molar-refractivity contribution in [3.8, 4) is 34.0 Å².